The quantitative estimate of drug-likeness (QED) is 0.739. The van der Waals surface area contributed by atoms with Crippen LogP contribution in [-0.2, 0) is 4.79 Å². The fourth-order valence-corrected chi connectivity index (χ4v) is 3.03. The van der Waals surface area contributed by atoms with Gasteiger partial charge in [-0.3, -0.25) is 4.79 Å². The van der Waals surface area contributed by atoms with Crippen LogP contribution in [0.5, 0.6) is 0 Å². The number of halogens is 4. The van der Waals surface area contributed by atoms with Gasteiger partial charge < -0.3 is 5.32 Å². The number of rotatable bonds is 4. The highest BCUT2D eigenvalue weighted by Gasteiger charge is 2.18. The van der Waals surface area contributed by atoms with Crippen LogP contribution in [0, 0.1) is 11.6 Å². The zero-order valence-corrected chi connectivity index (χ0v) is 13.7. The summed E-state index contributed by atoms with van der Waals surface area (Å²) in [5.41, 5.74) is 0.327. The van der Waals surface area contributed by atoms with Gasteiger partial charge in [0.15, 0.2) is 11.6 Å². The molecule has 0 aromatic heterocycles. The largest absolute Gasteiger partial charge is 0.323 e. The molecule has 116 valence electrons. The number of nitrogens with one attached hydrogen (secondary N) is 1. The molecule has 1 amide bonds. The number of para-hydroxylation sites is 1. The standard InChI is InChI=1S/C15H11Cl2F2NOS/c1-8(22-9-5-6-12(18)13(19)7-9)15(21)20-14-10(16)3-2-4-11(14)17/h2-8H,1H3,(H,20,21). The first-order valence-electron chi connectivity index (χ1n) is 6.25. The summed E-state index contributed by atoms with van der Waals surface area (Å²) in [4.78, 5) is 12.6. The van der Waals surface area contributed by atoms with Gasteiger partial charge in [-0.05, 0) is 37.3 Å². The van der Waals surface area contributed by atoms with Crippen molar-refractivity contribution in [2.75, 3.05) is 5.32 Å². The van der Waals surface area contributed by atoms with Crippen molar-refractivity contribution in [3.05, 3.63) is 58.1 Å². The van der Waals surface area contributed by atoms with E-state index in [0.717, 1.165) is 23.9 Å². The highest BCUT2D eigenvalue weighted by molar-refractivity contribution is 8.00. The molecule has 0 saturated carbocycles. The average Bonchev–Trinajstić information content (AvgIpc) is 2.46. The molecule has 22 heavy (non-hydrogen) atoms. The molecular weight excluding hydrogens is 351 g/mol. The van der Waals surface area contributed by atoms with Gasteiger partial charge in [-0.25, -0.2) is 8.78 Å². The van der Waals surface area contributed by atoms with E-state index in [1.807, 2.05) is 0 Å². The van der Waals surface area contributed by atoms with E-state index in [9.17, 15) is 13.6 Å². The number of hydrogen-bond donors (Lipinski definition) is 1. The van der Waals surface area contributed by atoms with E-state index in [0.29, 0.717) is 20.6 Å². The van der Waals surface area contributed by atoms with Crippen LogP contribution >= 0.6 is 35.0 Å². The molecule has 7 heteroatoms. The molecule has 2 rings (SSSR count). The molecular formula is C15H11Cl2F2NOS. The Hall–Kier alpha value is -1.30. The third-order valence-electron chi connectivity index (χ3n) is 2.78. The lowest BCUT2D eigenvalue weighted by Gasteiger charge is -2.14. The van der Waals surface area contributed by atoms with E-state index in [1.54, 1.807) is 25.1 Å². The zero-order chi connectivity index (χ0) is 16.3. The van der Waals surface area contributed by atoms with Crippen molar-refractivity contribution in [2.45, 2.75) is 17.1 Å². The van der Waals surface area contributed by atoms with E-state index in [4.69, 9.17) is 23.2 Å². The van der Waals surface area contributed by atoms with Gasteiger partial charge in [-0.1, -0.05) is 29.3 Å². The average molecular weight is 362 g/mol. The monoisotopic (exact) mass is 361 g/mol. The van der Waals surface area contributed by atoms with E-state index < -0.39 is 16.9 Å². The van der Waals surface area contributed by atoms with Gasteiger partial charge in [-0.15, -0.1) is 11.8 Å². The first-order chi connectivity index (χ1) is 10.4. The Bertz CT molecular complexity index is 692. The van der Waals surface area contributed by atoms with Crippen molar-refractivity contribution in [3.8, 4) is 0 Å². The Labute approximate surface area is 140 Å². The molecule has 0 spiro atoms. The molecule has 2 nitrogen and oxygen atoms in total. The van der Waals surface area contributed by atoms with Crippen molar-refractivity contribution in [1.82, 2.24) is 0 Å². The van der Waals surface area contributed by atoms with E-state index in [-0.39, 0.29) is 5.91 Å². The molecule has 1 unspecified atom stereocenters. The summed E-state index contributed by atoms with van der Waals surface area (Å²) >= 11 is 13.1. The van der Waals surface area contributed by atoms with Gasteiger partial charge in [-0.2, -0.15) is 0 Å². The molecule has 0 aliphatic carbocycles. The maximum absolute atomic E-state index is 13.2. The first kappa shape index (κ1) is 17.1. The summed E-state index contributed by atoms with van der Waals surface area (Å²) < 4.78 is 26.0. The lowest BCUT2D eigenvalue weighted by atomic mass is 10.3. The van der Waals surface area contributed by atoms with Crippen molar-refractivity contribution in [1.29, 1.82) is 0 Å². The molecule has 1 N–H and O–H groups in total. The third-order valence-corrected chi connectivity index (χ3v) is 4.51. The van der Waals surface area contributed by atoms with Gasteiger partial charge in [0.2, 0.25) is 5.91 Å². The Balaban J connectivity index is 2.07. The summed E-state index contributed by atoms with van der Waals surface area (Å²) in [5, 5.41) is 2.74. The van der Waals surface area contributed by atoms with Crippen LogP contribution < -0.4 is 5.32 Å². The topological polar surface area (TPSA) is 29.1 Å². The zero-order valence-electron chi connectivity index (χ0n) is 11.4. The molecule has 0 aliphatic rings. The Kier molecular flexibility index (Phi) is 5.67. The number of carbonyl (C=O) groups excluding carboxylic acids is 1. The highest BCUT2D eigenvalue weighted by atomic mass is 35.5. The van der Waals surface area contributed by atoms with Crippen molar-refractivity contribution < 1.29 is 13.6 Å². The summed E-state index contributed by atoms with van der Waals surface area (Å²) in [7, 11) is 0. The fourth-order valence-electron chi connectivity index (χ4n) is 1.65. The molecule has 0 fully saturated rings. The number of benzene rings is 2. The molecule has 0 aliphatic heterocycles. The van der Waals surface area contributed by atoms with Crippen LogP contribution in [-0.4, -0.2) is 11.2 Å². The van der Waals surface area contributed by atoms with Gasteiger partial charge in [0.05, 0.1) is 21.0 Å². The van der Waals surface area contributed by atoms with Crippen LogP contribution in [0.25, 0.3) is 0 Å². The Morgan fingerprint density at radius 1 is 1.14 bits per heavy atom. The number of hydrogen-bond acceptors (Lipinski definition) is 2. The van der Waals surface area contributed by atoms with Crippen LogP contribution in [0.15, 0.2) is 41.3 Å². The van der Waals surface area contributed by atoms with Gasteiger partial charge >= 0.3 is 0 Å². The predicted octanol–water partition coefficient (Wildman–Crippen LogP) is 5.39. The van der Waals surface area contributed by atoms with E-state index in [1.165, 1.54) is 6.07 Å². The minimum absolute atomic E-state index is 0.325. The molecule has 0 radical (unpaired) electrons. The minimum Gasteiger partial charge on any atom is -0.323 e. The molecule has 2 aromatic rings. The van der Waals surface area contributed by atoms with Crippen molar-refractivity contribution >= 4 is 46.6 Å². The summed E-state index contributed by atoms with van der Waals surface area (Å²) in [6.07, 6.45) is 0. The Morgan fingerprint density at radius 2 is 1.77 bits per heavy atom. The van der Waals surface area contributed by atoms with E-state index in [2.05, 4.69) is 5.32 Å². The second kappa shape index (κ2) is 7.31. The molecule has 0 bridgehead atoms. The SMILES string of the molecule is CC(Sc1ccc(F)c(F)c1)C(=O)Nc1c(Cl)cccc1Cl. The minimum atomic E-state index is -0.952. The second-order valence-electron chi connectivity index (χ2n) is 4.42. The van der Waals surface area contributed by atoms with Crippen molar-refractivity contribution in [3.63, 3.8) is 0 Å². The maximum atomic E-state index is 13.2. The van der Waals surface area contributed by atoms with Gasteiger partial charge in [0, 0.05) is 4.90 Å². The molecule has 1 atom stereocenters. The molecule has 0 saturated heterocycles. The predicted molar refractivity (Wildman–Crippen MR) is 86.8 cm³/mol. The number of amides is 1. The highest BCUT2D eigenvalue weighted by Crippen LogP contribution is 2.31. The summed E-state index contributed by atoms with van der Waals surface area (Å²) in [5.74, 6) is -2.22. The van der Waals surface area contributed by atoms with Gasteiger partial charge in [0.1, 0.15) is 0 Å². The lowest BCUT2D eigenvalue weighted by molar-refractivity contribution is -0.115. The smallest absolute Gasteiger partial charge is 0.237 e. The van der Waals surface area contributed by atoms with Gasteiger partial charge in [0.25, 0.3) is 0 Å². The summed E-state index contributed by atoms with van der Waals surface area (Å²) in [6.45, 7) is 1.64. The third kappa shape index (κ3) is 4.12. The molecule has 2 aromatic carbocycles. The maximum Gasteiger partial charge on any atom is 0.237 e. The second-order valence-corrected chi connectivity index (χ2v) is 6.65. The first-order valence-corrected chi connectivity index (χ1v) is 7.88. The Morgan fingerprint density at radius 3 is 2.36 bits per heavy atom. The van der Waals surface area contributed by atoms with Crippen LogP contribution in [0.3, 0.4) is 0 Å². The van der Waals surface area contributed by atoms with Crippen LogP contribution in [0.1, 0.15) is 6.92 Å². The number of anilines is 1. The lowest BCUT2D eigenvalue weighted by Crippen LogP contribution is -2.22. The number of thioether (sulfide) groups is 1. The van der Waals surface area contributed by atoms with Crippen LogP contribution in [0.4, 0.5) is 14.5 Å². The normalized spacial score (nSPS) is 12.0. The molecule has 0 heterocycles. The van der Waals surface area contributed by atoms with Crippen LogP contribution in [0.2, 0.25) is 10.0 Å². The number of carbonyl (C=O) groups is 1. The van der Waals surface area contributed by atoms with E-state index >= 15 is 0 Å². The van der Waals surface area contributed by atoms with Crippen molar-refractivity contribution in [2.24, 2.45) is 0 Å². The summed E-state index contributed by atoms with van der Waals surface area (Å²) in [6, 6.07) is 8.36. The fraction of sp³-hybridized carbons (Fsp3) is 0.133.